The van der Waals surface area contributed by atoms with E-state index in [1.807, 2.05) is 25.1 Å². The maximum atomic E-state index is 12.6. The normalized spacial score (nSPS) is 14.5. The first kappa shape index (κ1) is 15.7. The number of amides is 2. The van der Waals surface area contributed by atoms with E-state index in [1.165, 1.54) is 0 Å². The van der Waals surface area contributed by atoms with E-state index in [4.69, 9.17) is 0 Å². The fraction of sp³-hybridized carbons (Fsp3) is 0.235. The van der Waals surface area contributed by atoms with Crippen molar-refractivity contribution in [3.8, 4) is 0 Å². The average molecular weight is 374 g/mol. The zero-order valence-electron chi connectivity index (χ0n) is 12.6. The summed E-state index contributed by atoms with van der Waals surface area (Å²) in [5.41, 5.74) is 1.64. The van der Waals surface area contributed by atoms with Crippen LogP contribution in [0.3, 0.4) is 0 Å². The Hall–Kier alpha value is -2.21. The van der Waals surface area contributed by atoms with Crippen molar-refractivity contribution in [3.05, 3.63) is 58.2 Å². The number of benzene rings is 1. The molecule has 118 valence electrons. The summed E-state index contributed by atoms with van der Waals surface area (Å²) in [7, 11) is 0. The smallest absolute Gasteiger partial charge is 0.255 e. The number of rotatable bonds is 4. The second-order valence-electron chi connectivity index (χ2n) is 5.36. The molecule has 0 saturated carbocycles. The number of carbonyl (C=O) groups excluding carboxylic acids is 2. The third-order valence-corrected chi connectivity index (χ3v) is 4.38. The molecule has 0 fully saturated rings. The van der Waals surface area contributed by atoms with Gasteiger partial charge in [0.2, 0.25) is 5.91 Å². The molecule has 0 spiro atoms. The molecule has 0 unspecified atom stereocenters. The molecule has 6 heteroatoms. The van der Waals surface area contributed by atoms with E-state index >= 15 is 0 Å². The topological polar surface area (TPSA) is 62.3 Å². The van der Waals surface area contributed by atoms with Crippen LogP contribution in [-0.4, -0.2) is 27.7 Å². The van der Waals surface area contributed by atoms with Gasteiger partial charge in [-0.3, -0.25) is 9.59 Å². The summed E-state index contributed by atoms with van der Waals surface area (Å²) in [4.78, 5) is 30.8. The Bertz CT molecular complexity index is 763. The van der Waals surface area contributed by atoms with Crippen molar-refractivity contribution < 1.29 is 9.59 Å². The van der Waals surface area contributed by atoms with Crippen molar-refractivity contribution in [1.29, 1.82) is 0 Å². The summed E-state index contributed by atoms with van der Waals surface area (Å²) in [5.74, 6) is 0.149. The van der Waals surface area contributed by atoms with Crippen molar-refractivity contribution in [1.82, 2.24) is 9.88 Å². The van der Waals surface area contributed by atoms with E-state index < -0.39 is 6.04 Å². The second-order valence-corrected chi connectivity index (χ2v) is 6.28. The highest BCUT2D eigenvalue weighted by Gasteiger charge is 2.35. The molecule has 5 nitrogen and oxygen atoms in total. The highest BCUT2D eigenvalue weighted by atomic mass is 79.9. The van der Waals surface area contributed by atoms with Crippen molar-refractivity contribution >= 4 is 33.6 Å². The number of pyridine rings is 1. The first-order chi connectivity index (χ1) is 11.1. The number of nitrogens with one attached hydrogen (secondary N) is 1. The summed E-state index contributed by atoms with van der Waals surface area (Å²) in [6, 6.07) is 10.5. The zero-order valence-corrected chi connectivity index (χ0v) is 14.2. The molecule has 1 aromatic heterocycles. The summed E-state index contributed by atoms with van der Waals surface area (Å²) in [6.07, 6.45) is 2.15. The van der Waals surface area contributed by atoms with Gasteiger partial charge in [0.15, 0.2) is 0 Å². The Kier molecular flexibility index (Phi) is 4.43. The zero-order chi connectivity index (χ0) is 16.4. The van der Waals surface area contributed by atoms with Crippen molar-refractivity contribution in [2.45, 2.75) is 25.9 Å². The van der Waals surface area contributed by atoms with Gasteiger partial charge in [-0.1, -0.05) is 41.1 Å². The molecule has 1 aliphatic rings. The average Bonchev–Trinajstić information content (AvgIpc) is 2.86. The van der Waals surface area contributed by atoms with Gasteiger partial charge < -0.3 is 10.2 Å². The van der Waals surface area contributed by atoms with Crippen LogP contribution in [0.5, 0.6) is 0 Å². The van der Waals surface area contributed by atoms with Gasteiger partial charge in [-0.25, -0.2) is 4.98 Å². The number of fused-ring (bicyclic) bond motifs is 1. The minimum Gasteiger partial charge on any atom is -0.322 e. The highest BCUT2D eigenvalue weighted by Crippen LogP contribution is 2.26. The van der Waals surface area contributed by atoms with Crippen LogP contribution in [-0.2, 0) is 11.3 Å². The molecule has 2 heterocycles. The molecule has 1 aliphatic heterocycles. The van der Waals surface area contributed by atoms with Crippen molar-refractivity contribution in [2.75, 3.05) is 5.32 Å². The second kappa shape index (κ2) is 6.50. The standard InChI is InChI=1S/C17H16BrN3O2/c1-2-14(16(22)20-15-9-12(18)7-8-19-15)21-10-11-5-3-4-6-13(11)17(21)23/h3-9,14H,2,10H2,1H3,(H,19,20,22)/t14-/m1/s1. The number of carbonyl (C=O) groups is 2. The van der Waals surface area contributed by atoms with Crippen LogP contribution in [0.25, 0.3) is 0 Å². The molecule has 0 saturated heterocycles. The number of aromatic nitrogens is 1. The van der Waals surface area contributed by atoms with E-state index in [9.17, 15) is 9.59 Å². The Morgan fingerprint density at radius 2 is 2.17 bits per heavy atom. The van der Waals surface area contributed by atoms with E-state index in [-0.39, 0.29) is 11.8 Å². The highest BCUT2D eigenvalue weighted by molar-refractivity contribution is 9.10. The minimum absolute atomic E-state index is 0.0928. The van der Waals surface area contributed by atoms with Gasteiger partial charge in [0, 0.05) is 22.8 Å². The molecular weight excluding hydrogens is 358 g/mol. The fourth-order valence-electron chi connectivity index (χ4n) is 2.76. The van der Waals surface area contributed by atoms with E-state index in [0.717, 1.165) is 10.0 Å². The van der Waals surface area contributed by atoms with Gasteiger partial charge >= 0.3 is 0 Å². The molecule has 2 aromatic rings. The number of anilines is 1. The first-order valence-electron chi connectivity index (χ1n) is 7.41. The lowest BCUT2D eigenvalue weighted by Crippen LogP contribution is -2.44. The van der Waals surface area contributed by atoms with Crippen LogP contribution in [0.4, 0.5) is 5.82 Å². The monoisotopic (exact) mass is 373 g/mol. The van der Waals surface area contributed by atoms with Crippen LogP contribution in [0, 0.1) is 0 Å². The third-order valence-electron chi connectivity index (χ3n) is 3.89. The predicted octanol–water partition coefficient (Wildman–Crippen LogP) is 3.22. The van der Waals surface area contributed by atoms with Crippen LogP contribution < -0.4 is 5.32 Å². The van der Waals surface area contributed by atoms with Crippen LogP contribution >= 0.6 is 15.9 Å². The summed E-state index contributed by atoms with van der Waals surface area (Å²) >= 11 is 3.35. The molecule has 0 bridgehead atoms. The largest absolute Gasteiger partial charge is 0.322 e. The predicted molar refractivity (Wildman–Crippen MR) is 91.0 cm³/mol. The fourth-order valence-corrected chi connectivity index (χ4v) is 3.09. The molecule has 3 rings (SSSR count). The molecule has 1 N–H and O–H groups in total. The number of nitrogens with zero attached hydrogens (tertiary/aromatic N) is 2. The van der Waals surface area contributed by atoms with Gasteiger partial charge in [0.05, 0.1) is 0 Å². The van der Waals surface area contributed by atoms with Crippen molar-refractivity contribution in [3.63, 3.8) is 0 Å². The third kappa shape index (κ3) is 3.12. The van der Waals surface area contributed by atoms with Crippen LogP contribution in [0.2, 0.25) is 0 Å². The molecule has 2 amide bonds. The van der Waals surface area contributed by atoms with E-state index in [1.54, 1.807) is 29.3 Å². The molecule has 23 heavy (non-hydrogen) atoms. The maximum Gasteiger partial charge on any atom is 0.255 e. The Balaban J connectivity index is 1.78. The molecule has 1 aromatic carbocycles. The molecular formula is C17H16BrN3O2. The summed E-state index contributed by atoms with van der Waals surface area (Å²) < 4.78 is 0.834. The van der Waals surface area contributed by atoms with E-state index in [2.05, 4.69) is 26.2 Å². The molecule has 0 radical (unpaired) electrons. The summed E-state index contributed by atoms with van der Waals surface area (Å²) in [5, 5.41) is 2.78. The Labute approximate surface area is 142 Å². The molecule has 1 atom stereocenters. The lowest BCUT2D eigenvalue weighted by molar-refractivity contribution is -0.120. The van der Waals surface area contributed by atoms with Gasteiger partial charge in [-0.2, -0.15) is 0 Å². The lowest BCUT2D eigenvalue weighted by atomic mass is 10.1. The number of halogens is 1. The van der Waals surface area contributed by atoms with Gasteiger partial charge in [0.25, 0.3) is 5.91 Å². The number of hydrogen-bond donors (Lipinski definition) is 1. The molecule has 0 aliphatic carbocycles. The quantitative estimate of drug-likeness (QED) is 0.894. The van der Waals surface area contributed by atoms with Crippen molar-refractivity contribution in [2.24, 2.45) is 0 Å². The minimum atomic E-state index is -0.518. The number of hydrogen-bond acceptors (Lipinski definition) is 3. The Morgan fingerprint density at radius 1 is 1.39 bits per heavy atom. The van der Waals surface area contributed by atoms with Crippen LogP contribution in [0.15, 0.2) is 47.1 Å². The SMILES string of the molecule is CC[C@H](C(=O)Nc1cc(Br)ccn1)N1Cc2ccccc2C1=O. The van der Waals surface area contributed by atoms with Gasteiger partial charge in [-0.05, 0) is 30.2 Å². The first-order valence-corrected chi connectivity index (χ1v) is 8.20. The van der Waals surface area contributed by atoms with Gasteiger partial charge in [-0.15, -0.1) is 0 Å². The van der Waals surface area contributed by atoms with E-state index in [0.29, 0.717) is 24.3 Å². The van der Waals surface area contributed by atoms with Gasteiger partial charge in [0.1, 0.15) is 11.9 Å². The summed E-state index contributed by atoms with van der Waals surface area (Å²) in [6.45, 7) is 2.36. The lowest BCUT2D eigenvalue weighted by Gasteiger charge is -2.25. The Morgan fingerprint density at radius 3 is 2.87 bits per heavy atom. The maximum absolute atomic E-state index is 12.6. The van der Waals surface area contributed by atoms with Crippen LogP contribution in [0.1, 0.15) is 29.3 Å².